The standard InChI is InChI=1S/C11H12Cl2O2/c12-7-4-5-8(13)11(6-7)15-10-3-1-2-9(10)14/h4-6,9-10,14H,1-3H2/t9-,10-/m0/s1. The smallest absolute Gasteiger partial charge is 0.139 e. The third-order valence-corrected chi connectivity index (χ3v) is 3.14. The van der Waals surface area contributed by atoms with Crippen molar-refractivity contribution in [2.24, 2.45) is 0 Å². The minimum absolute atomic E-state index is 0.152. The highest BCUT2D eigenvalue weighted by atomic mass is 35.5. The van der Waals surface area contributed by atoms with E-state index in [1.807, 2.05) is 0 Å². The van der Waals surface area contributed by atoms with E-state index in [4.69, 9.17) is 27.9 Å². The zero-order chi connectivity index (χ0) is 10.8. The zero-order valence-electron chi connectivity index (χ0n) is 8.12. The molecule has 0 radical (unpaired) electrons. The van der Waals surface area contributed by atoms with E-state index in [-0.39, 0.29) is 12.2 Å². The van der Waals surface area contributed by atoms with Crippen molar-refractivity contribution in [3.8, 4) is 5.75 Å². The molecule has 2 rings (SSSR count). The molecule has 0 amide bonds. The maximum absolute atomic E-state index is 9.61. The van der Waals surface area contributed by atoms with Gasteiger partial charge in [-0.15, -0.1) is 0 Å². The first kappa shape index (κ1) is 11.1. The summed E-state index contributed by atoms with van der Waals surface area (Å²) in [6.45, 7) is 0. The number of ether oxygens (including phenoxy) is 1. The minimum Gasteiger partial charge on any atom is -0.486 e. The summed E-state index contributed by atoms with van der Waals surface area (Å²) >= 11 is 11.8. The van der Waals surface area contributed by atoms with Crippen molar-refractivity contribution in [2.45, 2.75) is 31.5 Å². The molecule has 1 aromatic rings. The molecule has 1 aromatic carbocycles. The molecule has 1 N–H and O–H groups in total. The Labute approximate surface area is 98.8 Å². The first-order chi connectivity index (χ1) is 7.16. The van der Waals surface area contributed by atoms with Crippen molar-refractivity contribution < 1.29 is 9.84 Å². The van der Waals surface area contributed by atoms with Crippen molar-refractivity contribution in [2.75, 3.05) is 0 Å². The minimum atomic E-state index is -0.389. The number of rotatable bonds is 2. The first-order valence-electron chi connectivity index (χ1n) is 4.96. The Balaban J connectivity index is 2.12. The molecule has 0 unspecified atom stereocenters. The molecular formula is C11H12Cl2O2. The van der Waals surface area contributed by atoms with Crippen LogP contribution in [0.3, 0.4) is 0 Å². The van der Waals surface area contributed by atoms with Gasteiger partial charge in [0.2, 0.25) is 0 Å². The van der Waals surface area contributed by atoms with E-state index < -0.39 is 0 Å². The Hall–Kier alpha value is -0.440. The lowest BCUT2D eigenvalue weighted by Gasteiger charge is -2.18. The lowest BCUT2D eigenvalue weighted by molar-refractivity contribution is 0.0605. The van der Waals surface area contributed by atoms with Gasteiger partial charge in [-0.1, -0.05) is 23.2 Å². The molecule has 1 saturated carbocycles. The molecule has 0 aromatic heterocycles. The van der Waals surface area contributed by atoms with E-state index in [2.05, 4.69) is 0 Å². The van der Waals surface area contributed by atoms with Gasteiger partial charge in [0.15, 0.2) is 0 Å². The molecule has 15 heavy (non-hydrogen) atoms. The van der Waals surface area contributed by atoms with Crippen molar-refractivity contribution >= 4 is 23.2 Å². The Morgan fingerprint density at radius 2 is 2.07 bits per heavy atom. The molecule has 0 saturated heterocycles. The first-order valence-corrected chi connectivity index (χ1v) is 5.72. The van der Waals surface area contributed by atoms with Crippen molar-refractivity contribution in [3.05, 3.63) is 28.2 Å². The number of benzene rings is 1. The summed E-state index contributed by atoms with van der Waals surface area (Å²) in [5.74, 6) is 0.551. The highest BCUT2D eigenvalue weighted by Gasteiger charge is 2.27. The van der Waals surface area contributed by atoms with E-state index in [0.29, 0.717) is 15.8 Å². The van der Waals surface area contributed by atoms with Gasteiger partial charge in [-0.25, -0.2) is 0 Å². The fourth-order valence-corrected chi connectivity index (χ4v) is 2.10. The molecule has 0 heterocycles. The number of hydrogen-bond acceptors (Lipinski definition) is 2. The van der Waals surface area contributed by atoms with Gasteiger partial charge in [0, 0.05) is 11.1 Å². The van der Waals surface area contributed by atoms with Crippen LogP contribution in [0.15, 0.2) is 18.2 Å². The van der Waals surface area contributed by atoms with Crippen LogP contribution in [-0.2, 0) is 0 Å². The third-order valence-electron chi connectivity index (χ3n) is 2.59. The van der Waals surface area contributed by atoms with Crippen LogP contribution in [-0.4, -0.2) is 17.3 Å². The zero-order valence-corrected chi connectivity index (χ0v) is 9.63. The quantitative estimate of drug-likeness (QED) is 0.868. The van der Waals surface area contributed by atoms with Crippen LogP contribution in [0.1, 0.15) is 19.3 Å². The predicted molar refractivity (Wildman–Crippen MR) is 60.7 cm³/mol. The van der Waals surface area contributed by atoms with Crippen LogP contribution in [0.2, 0.25) is 10.0 Å². The molecule has 82 valence electrons. The Bertz CT molecular complexity index is 354. The summed E-state index contributed by atoms with van der Waals surface area (Å²) in [6, 6.07) is 5.08. The largest absolute Gasteiger partial charge is 0.486 e. The average Bonchev–Trinajstić information content (AvgIpc) is 2.58. The van der Waals surface area contributed by atoms with Gasteiger partial charge >= 0.3 is 0 Å². The number of aliphatic hydroxyl groups excluding tert-OH is 1. The van der Waals surface area contributed by atoms with E-state index in [9.17, 15) is 5.11 Å². The van der Waals surface area contributed by atoms with Crippen LogP contribution >= 0.6 is 23.2 Å². The molecule has 0 spiro atoms. The molecule has 4 heteroatoms. The predicted octanol–water partition coefficient (Wildman–Crippen LogP) is 3.29. The second-order valence-corrected chi connectivity index (χ2v) is 4.57. The fraction of sp³-hybridized carbons (Fsp3) is 0.455. The second kappa shape index (κ2) is 4.60. The molecule has 1 aliphatic carbocycles. The van der Waals surface area contributed by atoms with Crippen LogP contribution in [0, 0.1) is 0 Å². The molecule has 0 aliphatic heterocycles. The molecular weight excluding hydrogens is 235 g/mol. The van der Waals surface area contributed by atoms with Gasteiger partial charge in [0.05, 0.1) is 11.1 Å². The van der Waals surface area contributed by atoms with Gasteiger partial charge in [-0.05, 0) is 31.4 Å². The SMILES string of the molecule is O[C@H]1CCC[C@@H]1Oc1cc(Cl)ccc1Cl. The van der Waals surface area contributed by atoms with E-state index in [0.717, 1.165) is 19.3 Å². The summed E-state index contributed by atoms with van der Waals surface area (Å²) in [5, 5.41) is 10.7. The lowest BCUT2D eigenvalue weighted by Crippen LogP contribution is -2.25. The molecule has 1 aliphatic rings. The third kappa shape index (κ3) is 2.57. The highest BCUT2D eigenvalue weighted by Crippen LogP contribution is 2.31. The summed E-state index contributed by atoms with van der Waals surface area (Å²) in [6.07, 6.45) is 2.11. The van der Waals surface area contributed by atoms with Crippen LogP contribution < -0.4 is 4.74 Å². The lowest BCUT2D eigenvalue weighted by atomic mass is 10.2. The second-order valence-electron chi connectivity index (χ2n) is 3.73. The Kier molecular flexibility index (Phi) is 3.39. The van der Waals surface area contributed by atoms with E-state index in [1.165, 1.54) is 0 Å². The maximum Gasteiger partial charge on any atom is 0.139 e. The normalized spacial score (nSPS) is 25.5. The van der Waals surface area contributed by atoms with E-state index >= 15 is 0 Å². The topological polar surface area (TPSA) is 29.5 Å². The van der Waals surface area contributed by atoms with Crippen molar-refractivity contribution in [3.63, 3.8) is 0 Å². The Morgan fingerprint density at radius 1 is 1.27 bits per heavy atom. The summed E-state index contributed by atoms with van der Waals surface area (Å²) < 4.78 is 5.63. The van der Waals surface area contributed by atoms with Crippen molar-refractivity contribution in [1.82, 2.24) is 0 Å². The number of aliphatic hydroxyl groups is 1. The number of halogens is 2. The van der Waals surface area contributed by atoms with E-state index in [1.54, 1.807) is 18.2 Å². The summed E-state index contributed by atoms with van der Waals surface area (Å²) in [7, 11) is 0. The van der Waals surface area contributed by atoms with Gasteiger partial charge in [0.1, 0.15) is 11.9 Å². The summed E-state index contributed by atoms with van der Waals surface area (Å²) in [4.78, 5) is 0. The molecule has 0 bridgehead atoms. The van der Waals surface area contributed by atoms with Crippen LogP contribution in [0.4, 0.5) is 0 Å². The van der Waals surface area contributed by atoms with Crippen LogP contribution in [0.5, 0.6) is 5.75 Å². The fourth-order valence-electron chi connectivity index (χ4n) is 1.77. The molecule has 2 nitrogen and oxygen atoms in total. The maximum atomic E-state index is 9.61. The number of hydrogen-bond donors (Lipinski definition) is 1. The Morgan fingerprint density at radius 3 is 2.73 bits per heavy atom. The van der Waals surface area contributed by atoms with Gasteiger partial charge in [0.25, 0.3) is 0 Å². The highest BCUT2D eigenvalue weighted by molar-refractivity contribution is 6.34. The van der Waals surface area contributed by atoms with Crippen molar-refractivity contribution in [1.29, 1.82) is 0 Å². The summed E-state index contributed by atoms with van der Waals surface area (Å²) in [5.41, 5.74) is 0. The van der Waals surface area contributed by atoms with Crippen LogP contribution in [0.25, 0.3) is 0 Å². The average molecular weight is 247 g/mol. The monoisotopic (exact) mass is 246 g/mol. The molecule has 2 atom stereocenters. The molecule has 1 fully saturated rings. The van der Waals surface area contributed by atoms with Gasteiger partial charge < -0.3 is 9.84 Å². The van der Waals surface area contributed by atoms with Gasteiger partial charge in [-0.2, -0.15) is 0 Å². The van der Waals surface area contributed by atoms with Gasteiger partial charge in [-0.3, -0.25) is 0 Å².